The second-order valence-electron chi connectivity index (χ2n) is 8.21. The van der Waals surface area contributed by atoms with Crippen molar-refractivity contribution < 1.29 is 9.90 Å². The zero-order valence-electron chi connectivity index (χ0n) is 13.2. The van der Waals surface area contributed by atoms with Crippen LogP contribution in [-0.4, -0.2) is 46.2 Å². The van der Waals surface area contributed by atoms with Gasteiger partial charge in [0.15, 0.2) is 0 Å². The van der Waals surface area contributed by atoms with Crippen LogP contribution in [0.15, 0.2) is 0 Å². The Morgan fingerprint density at radius 1 is 1.27 bits per heavy atom. The van der Waals surface area contributed by atoms with Crippen molar-refractivity contribution in [2.45, 2.75) is 69.2 Å². The van der Waals surface area contributed by atoms with E-state index in [2.05, 4.69) is 18.3 Å². The average molecular weight is 303 g/mol. The van der Waals surface area contributed by atoms with Crippen molar-refractivity contribution >= 4 is 5.91 Å². The second-order valence-corrected chi connectivity index (χ2v) is 8.21. The maximum absolute atomic E-state index is 12.5. The van der Waals surface area contributed by atoms with Crippen molar-refractivity contribution in [1.82, 2.24) is 10.2 Å². The smallest absolute Gasteiger partial charge is 0.237 e. The molecular weight excluding hydrogens is 278 g/mol. The SMILES string of the molecule is CC1(NCC(=O)N2C3CC3C[C@H]2C#N)C[C@H]2CC(O)C[C@H]2C1. The molecule has 0 aromatic rings. The standard InChI is InChI=1S/C17H25N3O2/c1-17(6-11-3-14(21)4-12(11)7-17)19-9-16(22)20-13(8-18)2-10-5-15(10)20/h10-15,19,21H,2-7,9H2,1H3/t10?,11-,12+,13-,14?,15?,17?/m0/s1. The third kappa shape index (κ3) is 2.33. The van der Waals surface area contributed by atoms with Crippen molar-refractivity contribution in [3.8, 4) is 6.07 Å². The first-order valence-corrected chi connectivity index (χ1v) is 8.63. The van der Waals surface area contributed by atoms with Crippen LogP contribution in [0.2, 0.25) is 0 Å². The minimum Gasteiger partial charge on any atom is -0.393 e. The fraction of sp³-hybridized carbons (Fsp3) is 0.882. The molecule has 4 rings (SSSR count). The topological polar surface area (TPSA) is 76.4 Å². The molecule has 5 nitrogen and oxygen atoms in total. The van der Waals surface area contributed by atoms with Gasteiger partial charge in [-0.2, -0.15) is 5.26 Å². The van der Waals surface area contributed by atoms with Gasteiger partial charge in [-0.05, 0) is 63.2 Å². The maximum Gasteiger partial charge on any atom is 0.237 e. The number of carbonyl (C=O) groups is 1. The summed E-state index contributed by atoms with van der Waals surface area (Å²) in [6.45, 7) is 2.55. The third-order valence-electron chi connectivity index (χ3n) is 6.45. The van der Waals surface area contributed by atoms with Crippen LogP contribution in [-0.2, 0) is 4.79 Å². The Balaban J connectivity index is 1.33. The van der Waals surface area contributed by atoms with Gasteiger partial charge in [-0.25, -0.2) is 0 Å². The molecule has 3 saturated carbocycles. The van der Waals surface area contributed by atoms with E-state index in [4.69, 9.17) is 0 Å². The third-order valence-corrected chi connectivity index (χ3v) is 6.45. The van der Waals surface area contributed by atoms with Crippen LogP contribution in [0.4, 0.5) is 0 Å². The average Bonchev–Trinajstić information content (AvgIpc) is 2.83. The molecule has 1 heterocycles. The first-order chi connectivity index (χ1) is 10.5. The molecule has 2 N–H and O–H groups in total. The zero-order valence-corrected chi connectivity index (χ0v) is 13.2. The number of likely N-dealkylation sites (tertiary alicyclic amines) is 1. The molecule has 1 saturated heterocycles. The Hall–Kier alpha value is -1.12. The van der Waals surface area contributed by atoms with Gasteiger partial charge in [0.1, 0.15) is 6.04 Å². The van der Waals surface area contributed by atoms with Crippen LogP contribution in [0.5, 0.6) is 0 Å². The number of amides is 1. The van der Waals surface area contributed by atoms with E-state index in [0.717, 1.165) is 38.5 Å². The van der Waals surface area contributed by atoms with E-state index in [1.54, 1.807) is 0 Å². The van der Waals surface area contributed by atoms with Crippen LogP contribution in [0.1, 0.15) is 45.4 Å². The van der Waals surface area contributed by atoms with Crippen LogP contribution < -0.4 is 5.32 Å². The van der Waals surface area contributed by atoms with Gasteiger partial charge in [-0.1, -0.05) is 0 Å². The van der Waals surface area contributed by atoms with E-state index in [0.29, 0.717) is 30.3 Å². The molecule has 0 radical (unpaired) electrons. The van der Waals surface area contributed by atoms with Gasteiger partial charge >= 0.3 is 0 Å². The summed E-state index contributed by atoms with van der Waals surface area (Å²) in [5.41, 5.74) is 0.00987. The number of piperidine rings is 1. The number of aliphatic hydroxyl groups is 1. The van der Waals surface area contributed by atoms with Gasteiger partial charge in [0.2, 0.25) is 5.91 Å². The summed E-state index contributed by atoms with van der Waals surface area (Å²) in [6, 6.07) is 2.41. The van der Waals surface area contributed by atoms with Crippen LogP contribution >= 0.6 is 0 Å². The zero-order chi connectivity index (χ0) is 15.5. The van der Waals surface area contributed by atoms with Crippen molar-refractivity contribution in [2.24, 2.45) is 17.8 Å². The van der Waals surface area contributed by atoms with Crippen molar-refractivity contribution in [1.29, 1.82) is 5.26 Å². The van der Waals surface area contributed by atoms with Gasteiger partial charge in [0, 0.05) is 11.6 Å². The van der Waals surface area contributed by atoms with E-state index in [-0.39, 0.29) is 23.6 Å². The minimum absolute atomic E-state index is 0.00987. The van der Waals surface area contributed by atoms with Crippen molar-refractivity contribution in [3.05, 3.63) is 0 Å². The molecular formula is C17H25N3O2. The summed E-state index contributed by atoms with van der Waals surface area (Å²) in [5, 5.41) is 22.4. The summed E-state index contributed by atoms with van der Waals surface area (Å²) in [6.07, 6.45) is 5.78. The summed E-state index contributed by atoms with van der Waals surface area (Å²) in [7, 11) is 0. The number of rotatable bonds is 3. The molecule has 0 spiro atoms. The Morgan fingerprint density at radius 3 is 2.59 bits per heavy atom. The van der Waals surface area contributed by atoms with Gasteiger partial charge in [-0.3, -0.25) is 4.79 Å². The molecule has 0 aromatic carbocycles. The van der Waals surface area contributed by atoms with E-state index >= 15 is 0 Å². The van der Waals surface area contributed by atoms with Crippen LogP contribution in [0.25, 0.3) is 0 Å². The molecule has 0 bridgehead atoms. The number of hydrogen-bond acceptors (Lipinski definition) is 4. The number of nitrogens with zero attached hydrogens (tertiary/aromatic N) is 2. The largest absolute Gasteiger partial charge is 0.393 e. The minimum atomic E-state index is -0.205. The quantitative estimate of drug-likeness (QED) is 0.816. The number of nitriles is 1. The summed E-state index contributed by atoms with van der Waals surface area (Å²) >= 11 is 0. The monoisotopic (exact) mass is 303 g/mol. The molecule has 7 atom stereocenters. The highest BCUT2D eigenvalue weighted by molar-refractivity contribution is 5.80. The normalized spacial score (nSPS) is 48.9. The molecule has 22 heavy (non-hydrogen) atoms. The van der Waals surface area contributed by atoms with Gasteiger partial charge in [-0.15, -0.1) is 0 Å². The fourth-order valence-corrected chi connectivity index (χ4v) is 5.38. The van der Waals surface area contributed by atoms with E-state index in [1.165, 1.54) is 0 Å². The number of carbonyl (C=O) groups excluding carboxylic acids is 1. The lowest BCUT2D eigenvalue weighted by Gasteiger charge is -2.29. The molecule has 0 aromatic heterocycles. The molecule has 3 aliphatic carbocycles. The Bertz CT molecular complexity index is 514. The van der Waals surface area contributed by atoms with Crippen molar-refractivity contribution in [2.75, 3.05) is 6.54 Å². The molecule has 1 amide bonds. The lowest BCUT2D eigenvalue weighted by molar-refractivity contribution is -0.131. The first kappa shape index (κ1) is 14.5. The lowest BCUT2D eigenvalue weighted by Crippen LogP contribution is -2.49. The lowest BCUT2D eigenvalue weighted by atomic mass is 9.95. The fourth-order valence-electron chi connectivity index (χ4n) is 5.38. The molecule has 4 fully saturated rings. The highest BCUT2D eigenvalue weighted by Gasteiger charge is 2.54. The predicted octanol–water partition coefficient (Wildman–Crippen LogP) is 1.03. The number of fused-ring (bicyclic) bond motifs is 2. The second kappa shape index (κ2) is 4.94. The Morgan fingerprint density at radius 2 is 1.95 bits per heavy atom. The van der Waals surface area contributed by atoms with Crippen LogP contribution in [0, 0.1) is 29.1 Å². The molecule has 1 aliphatic heterocycles. The predicted molar refractivity (Wildman–Crippen MR) is 80.6 cm³/mol. The highest BCUT2D eigenvalue weighted by atomic mass is 16.3. The summed E-state index contributed by atoms with van der Waals surface area (Å²) in [4.78, 5) is 14.4. The van der Waals surface area contributed by atoms with E-state index < -0.39 is 0 Å². The van der Waals surface area contributed by atoms with Crippen LogP contribution in [0.3, 0.4) is 0 Å². The van der Waals surface area contributed by atoms with Gasteiger partial charge < -0.3 is 15.3 Å². The molecule has 4 aliphatic rings. The summed E-state index contributed by atoms with van der Waals surface area (Å²) < 4.78 is 0. The Kier molecular flexibility index (Phi) is 3.25. The van der Waals surface area contributed by atoms with Crippen molar-refractivity contribution in [3.63, 3.8) is 0 Å². The number of nitrogens with one attached hydrogen (secondary N) is 1. The van der Waals surface area contributed by atoms with E-state index in [9.17, 15) is 15.2 Å². The number of aliphatic hydroxyl groups excluding tert-OH is 1. The number of hydrogen-bond donors (Lipinski definition) is 2. The van der Waals surface area contributed by atoms with E-state index in [1.807, 2.05) is 4.90 Å². The van der Waals surface area contributed by atoms with Gasteiger partial charge in [0.25, 0.3) is 0 Å². The first-order valence-electron chi connectivity index (χ1n) is 8.63. The molecule has 4 unspecified atom stereocenters. The molecule has 5 heteroatoms. The highest BCUT2D eigenvalue weighted by Crippen LogP contribution is 2.49. The Labute approximate surface area is 131 Å². The van der Waals surface area contributed by atoms with Gasteiger partial charge in [0.05, 0.1) is 18.7 Å². The molecule has 120 valence electrons. The summed E-state index contributed by atoms with van der Waals surface area (Å²) in [5.74, 6) is 1.88. The maximum atomic E-state index is 12.5.